The number of nitrogens with one attached hydrogen (secondary N) is 2. The molecule has 1 atom stereocenters. The lowest BCUT2D eigenvalue weighted by molar-refractivity contribution is -0.178. The number of halogens is 4. The van der Waals surface area contributed by atoms with Gasteiger partial charge in [-0.15, -0.1) is 0 Å². The fourth-order valence-corrected chi connectivity index (χ4v) is 3.85. The number of para-hydroxylation sites is 1. The van der Waals surface area contributed by atoms with Crippen LogP contribution in [0.3, 0.4) is 0 Å². The molecule has 28 heavy (non-hydrogen) atoms. The Kier molecular flexibility index (Phi) is 4.71. The van der Waals surface area contributed by atoms with Crippen LogP contribution in [0.25, 0.3) is 10.9 Å². The minimum atomic E-state index is -4.61. The number of urea groups is 1. The number of hydrogen-bond acceptors (Lipinski definition) is 1. The van der Waals surface area contributed by atoms with Crippen LogP contribution in [-0.4, -0.2) is 28.6 Å². The zero-order valence-electron chi connectivity index (χ0n) is 14.7. The van der Waals surface area contributed by atoms with E-state index in [0.29, 0.717) is 34.6 Å². The monoisotopic (exact) mass is 407 g/mol. The zero-order chi connectivity index (χ0) is 19.9. The van der Waals surface area contributed by atoms with Crippen molar-refractivity contribution in [1.82, 2.24) is 9.88 Å². The van der Waals surface area contributed by atoms with Gasteiger partial charge in [0, 0.05) is 28.2 Å². The summed E-state index contributed by atoms with van der Waals surface area (Å²) >= 11 is 5.82. The van der Waals surface area contributed by atoms with Gasteiger partial charge in [0.1, 0.15) is 0 Å². The number of alkyl halides is 3. The highest BCUT2D eigenvalue weighted by Gasteiger charge is 2.49. The summed E-state index contributed by atoms with van der Waals surface area (Å²) in [6.07, 6.45) is -3.70. The van der Waals surface area contributed by atoms with Crippen LogP contribution in [0, 0.1) is 0 Å². The molecule has 0 aliphatic carbocycles. The van der Waals surface area contributed by atoms with E-state index < -0.39 is 18.2 Å². The number of benzene rings is 2. The van der Waals surface area contributed by atoms with E-state index in [0.717, 1.165) is 10.3 Å². The summed E-state index contributed by atoms with van der Waals surface area (Å²) < 4.78 is 42.2. The van der Waals surface area contributed by atoms with Gasteiger partial charge in [-0.1, -0.05) is 29.8 Å². The number of H-pyrrole nitrogens is 1. The maximum Gasteiger partial charge on any atom is 0.414 e. The molecule has 2 amide bonds. The van der Waals surface area contributed by atoms with Crippen LogP contribution in [0.5, 0.6) is 0 Å². The Morgan fingerprint density at radius 2 is 1.86 bits per heavy atom. The molecule has 2 N–H and O–H groups in total. The third kappa shape index (κ3) is 3.42. The molecule has 3 aromatic rings. The first-order valence-corrected chi connectivity index (χ1v) is 9.22. The molecule has 0 spiro atoms. The Bertz CT molecular complexity index is 1010. The second-order valence-corrected chi connectivity index (χ2v) is 7.18. The summed E-state index contributed by atoms with van der Waals surface area (Å²) in [4.78, 5) is 16.5. The van der Waals surface area contributed by atoms with Crippen molar-refractivity contribution < 1.29 is 18.0 Å². The summed E-state index contributed by atoms with van der Waals surface area (Å²) in [5, 5.41) is 3.79. The fraction of sp³-hybridized carbons (Fsp3) is 0.250. The molecule has 1 aliphatic heterocycles. The molecule has 146 valence electrons. The highest BCUT2D eigenvalue weighted by atomic mass is 35.5. The molecule has 1 unspecified atom stereocenters. The molecular formula is C20H17ClF3N3O. The lowest BCUT2D eigenvalue weighted by Gasteiger charge is -2.31. The van der Waals surface area contributed by atoms with E-state index in [1.165, 1.54) is 0 Å². The average Bonchev–Trinajstić information content (AvgIpc) is 2.87. The molecule has 1 aromatic heterocycles. The summed E-state index contributed by atoms with van der Waals surface area (Å²) in [7, 11) is 0. The Hall–Kier alpha value is -2.67. The molecule has 4 nitrogen and oxygen atoms in total. The van der Waals surface area contributed by atoms with E-state index >= 15 is 0 Å². The zero-order valence-corrected chi connectivity index (χ0v) is 15.4. The molecule has 0 saturated heterocycles. The lowest BCUT2D eigenvalue weighted by Crippen LogP contribution is -2.44. The van der Waals surface area contributed by atoms with Crippen LogP contribution in [0.1, 0.15) is 23.7 Å². The number of anilines is 1. The number of aryl methyl sites for hydroxylation is 1. The summed E-state index contributed by atoms with van der Waals surface area (Å²) in [6.45, 7) is 0.000443. The second kappa shape index (κ2) is 7.05. The van der Waals surface area contributed by atoms with Gasteiger partial charge in [0.25, 0.3) is 0 Å². The van der Waals surface area contributed by atoms with E-state index in [9.17, 15) is 18.0 Å². The number of rotatable bonds is 1. The number of carbonyl (C=O) groups excluding carboxylic acids is 1. The Labute approximate surface area is 164 Å². The number of aromatic nitrogens is 1. The van der Waals surface area contributed by atoms with Crippen molar-refractivity contribution in [1.29, 1.82) is 0 Å². The first-order chi connectivity index (χ1) is 13.3. The first kappa shape index (κ1) is 18.7. The van der Waals surface area contributed by atoms with Crippen molar-refractivity contribution in [3.8, 4) is 0 Å². The number of nitrogens with zero attached hydrogens (tertiary/aromatic N) is 1. The number of amides is 2. The van der Waals surface area contributed by atoms with Crippen LogP contribution in [0.2, 0.25) is 5.02 Å². The number of aromatic amines is 1. The highest BCUT2D eigenvalue weighted by molar-refractivity contribution is 6.30. The fourth-order valence-electron chi connectivity index (χ4n) is 3.72. The van der Waals surface area contributed by atoms with Crippen molar-refractivity contribution >= 4 is 34.2 Å². The lowest BCUT2D eigenvalue weighted by atomic mass is 10.0. The van der Waals surface area contributed by atoms with Gasteiger partial charge in [0.15, 0.2) is 6.04 Å². The van der Waals surface area contributed by atoms with Crippen LogP contribution in [0.4, 0.5) is 23.7 Å². The maximum atomic E-state index is 14.1. The van der Waals surface area contributed by atoms with E-state index in [1.54, 1.807) is 42.5 Å². The van der Waals surface area contributed by atoms with Crippen LogP contribution < -0.4 is 5.32 Å². The number of fused-ring (bicyclic) bond motifs is 3. The third-order valence-electron chi connectivity index (χ3n) is 4.92. The normalized spacial score (nSPS) is 17.3. The number of carbonyl (C=O) groups is 1. The highest BCUT2D eigenvalue weighted by Crippen LogP contribution is 2.43. The van der Waals surface area contributed by atoms with E-state index in [1.807, 2.05) is 6.07 Å². The van der Waals surface area contributed by atoms with Crippen molar-refractivity contribution in [3.63, 3.8) is 0 Å². The van der Waals surface area contributed by atoms with Gasteiger partial charge in [-0.05, 0) is 48.7 Å². The Morgan fingerprint density at radius 3 is 2.57 bits per heavy atom. The van der Waals surface area contributed by atoms with Gasteiger partial charge >= 0.3 is 12.2 Å². The molecule has 0 bridgehead atoms. The second-order valence-electron chi connectivity index (χ2n) is 6.74. The van der Waals surface area contributed by atoms with Crippen molar-refractivity contribution in [3.05, 3.63) is 64.8 Å². The molecule has 8 heteroatoms. The van der Waals surface area contributed by atoms with Crippen LogP contribution >= 0.6 is 11.6 Å². The van der Waals surface area contributed by atoms with Gasteiger partial charge in [-0.3, -0.25) is 0 Å². The van der Waals surface area contributed by atoms with Crippen molar-refractivity contribution in [2.75, 3.05) is 11.9 Å². The largest absolute Gasteiger partial charge is 0.414 e. The predicted octanol–water partition coefficient (Wildman–Crippen LogP) is 5.91. The first-order valence-electron chi connectivity index (χ1n) is 8.84. The molecule has 2 heterocycles. The Morgan fingerprint density at radius 1 is 1.14 bits per heavy atom. The van der Waals surface area contributed by atoms with Gasteiger partial charge in [-0.2, -0.15) is 13.2 Å². The van der Waals surface area contributed by atoms with Gasteiger partial charge in [0.2, 0.25) is 0 Å². The topological polar surface area (TPSA) is 48.1 Å². The summed E-state index contributed by atoms with van der Waals surface area (Å²) in [5.41, 5.74) is 1.69. The van der Waals surface area contributed by atoms with Gasteiger partial charge < -0.3 is 15.2 Å². The SMILES string of the molecule is O=C(Nc1ccc(Cl)cc1)N1CCCc2c([nH]c3ccccc23)C1C(F)(F)F. The van der Waals surface area contributed by atoms with Crippen molar-refractivity contribution in [2.45, 2.75) is 25.1 Å². The van der Waals surface area contributed by atoms with E-state index in [2.05, 4.69) is 10.3 Å². The minimum absolute atomic E-state index is 0.000443. The predicted molar refractivity (Wildman–Crippen MR) is 103 cm³/mol. The number of hydrogen-bond donors (Lipinski definition) is 2. The molecule has 2 aromatic carbocycles. The molecule has 0 radical (unpaired) electrons. The molecule has 0 fully saturated rings. The minimum Gasteiger partial charge on any atom is -0.356 e. The van der Waals surface area contributed by atoms with Crippen LogP contribution in [0.15, 0.2) is 48.5 Å². The third-order valence-corrected chi connectivity index (χ3v) is 5.18. The van der Waals surface area contributed by atoms with Crippen LogP contribution in [-0.2, 0) is 6.42 Å². The van der Waals surface area contributed by atoms with Gasteiger partial charge in [0.05, 0.1) is 5.69 Å². The summed E-state index contributed by atoms with van der Waals surface area (Å²) in [5.74, 6) is 0. The average molecular weight is 408 g/mol. The van der Waals surface area contributed by atoms with E-state index in [4.69, 9.17) is 11.6 Å². The molecule has 0 saturated carbocycles. The van der Waals surface area contributed by atoms with E-state index in [-0.39, 0.29) is 12.2 Å². The maximum absolute atomic E-state index is 14.1. The summed E-state index contributed by atoms with van der Waals surface area (Å²) in [6, 6.07) is 10.5. The molecule has 4 rings (SSSR count). The molecule has 1 aliphatic rings. The standard InChI is InChI=1S/C20H17ClF3N3O/c21-12-7-9-13(10-8-12)25-19(28)27-11-3-5-15-14-4-1-2-6-16(14)26-17(15)18(27)20(22,23)24/h1-2,4,6-10,18,26H,3,5,11H2,(H,25,28). The quantitative estimate of drug-likeness (QED) is 0.518. The van der Waals surface area contributed by atoms with Gasteiger partial charge in [-0.25, -0.2) is 4.79 Å². The Balaban J connectivity index is 1.74. The van der Waals surface area contributed by atoms with Crippen molar-refractivity contribution in [2.24, 2.45) is 0 Å². The smallest absolute Gasteiger partial charge is 0.356 e. The molecular weight excluding hydrogens is 391 g/mol.